The number of sulfonamides is 1. The second kappa shape index (κ2) is 9.33. The standard InChI is InChI=1S/C20H23N3O7S/c1-28-17-11-15(19(21)24)16(12-18(17)29-2)22-20(25)13-3-5-14(6-4-13)31(26,27)23-7-9-30-10-8-23/h3-6,11-12H,7-10H2,1-2H3,(H2,21,24)(H,22,25). The average Bonchev–Trinajstić information content (AvgIpc) is 2.79. The minimum atomic E-state index is -3.67. The van der Waals surface area contributed by atoms with Gasteiger partial charge in [0.05, 0.1) is 43.6 Å². The van der Waals surface area contributed by atoms with Crippen molar-refractivity contribution >= 4 is 27.5 Å². The molecule has 2 aromatic carbocycles. The number of hydrogen-bond acceptors (Lipinski definition) is 7. The predicted octanol–water partition coefficient (Wildman–Crippen LogP) is 1.08. The molecule has 31 heavy (non-hydrogen) atoms. The highest BCUT2D eigenvalue weighted by Crippen LogP contribution is 2.33. The SMILES string of the molecule is COc1cc(NC(=O)c2ccc(S(=O)(=O)N3CCOCC3)cc2)c(C(N)=O)cc1OC. The number of benzene rings is 2. The summed E-state index contributed by atoms with van der Waals surface area (Å²) in [5.74, 6) is -0.727. The van der Waals surface area contributed by atoms with Crippen molar-refractivity contribution in [1.29, 1.82) is 0 Å². The summed E-state index contributed by atoms with van der Waals surface area (Å²) in [5.41, 5.74) is 5.79. The number of carbonyl (C=O) groups excluding carboxylic acids is 2. The smallest absolute Gasteiger partial charge is 0.255 e. The van der Waals surface area contributed by atoms with Crippen LogP contribution in [0.25, 0.3) is 0 Å². The molecule has 1 fully saturated rings. The van der Waals surface area contributed by atoms with Crippen molar-refractivity contribution in [3.8, 4) is 11.5 Å². The highest BCUT2D eigenvalue weighted by molar-refractivity contribution is 7.89. The fourth-order valence-electron chi connectivity index (χ4n) is 3.10. The van der Waals surface area contributed by atoms with Gasteiger partial charge in [-0.05, 0) is 30.3 Å². The van der Waals surface area contributed by atoms with Crippen LogP contribution in [0.15, 0.2) is 41.3 Å². The molecule has 166 valence electrons. The molecule has 1 saturated heterocycles. The molecule has 1 heterocycles. The summed E-state index contributed by atoms with van der Waals surface area (Å²) >= 11 is 0. The first-order chi connectivity index (χ1) is 14.8. The number of morpholine rings is 1. The van der Waals surface area contributed by atoms with Gasteiger partial charge in [-0.25, -0.2) is 8.42 Å². The molecule has 1 aliphatic rings. The van der Waals surface area contributed by atoms with E-state index in [4.69, 9.17) is 19.9 Å². The second-order valence-corrected chi connectivity index (χ2v) is 8.55. The van der Waals surface area contributed by atoms with Crippen LogP contribution in [0.1, 0.15) is 20.7 Å². The quantitative estimate of drug-likeness (QED) is 0.645. The fourth-order valence-corrected chi connectivity index (χ4v) is 4.50. The molecule has 0 atom stereocenters. The molecular formula is C20H23N3O7S. The van der Waals surface area contributed by atoms with Crippen LogP contribution in [0.5, 0.6) is 11.5 Å². The van der Waals surface area contributed by atoms with Crippen molar-refractivity contribution in [2.45, 2.75) is 4.90 Å². The number of hydrogen-bond donors (Lipinski definition) is 2. The summed E-state index contributed by atoms with van der Waals surface area (Å²) in [6.07, 6.45) is 0. The molecule has 10 nitrogen and oxygen atoms in total. The molecule has 3 rings (SSSR count). The lowest BCUT2D eigenvalue weighted by Crippen LogP contribution is -2.40. The van der Waals surface area contributed by atoms with Gasteiger partial charge in [0.2, 0.25) is 10.0 Å². The third-order valence-electron chi connectivity index (χ3n) is 4.76. The Balaban J connectivity index is 1.83. The van der Waals surface area contributed by atoms with Gasteiger partial charge in [0.15, 0.2) is 11.5 Å². The lowest BCUT2D eigenvalue weighted by molar-refractivity contribution is 0.0730. The van der Waals surface area contributed by atoms with Gasteiger partial charge in [0.25, 0.3) is 11.8 Å². The van der Waals surface area contributed by atoms with Gasteiger partial charge in [0, 0.05) is 24.7 Å². The van der Waals surface area contributed by atoms with E-state index in [-0.39, 0.29) is 40.5 Å². The molecule has 0 aliphatic carbocycles. The molecule has 2 amide bonds. The minimum Gasteiger partial charge on any atom is -0.493 e. The van der Waals surface area contributed by atoms with Gasteiger partial charge in [-0.15, -0.1) is 0 Å². The zero-order valence-corrected chi connectivity index (χ0v) is 17.9. The molecule has 2 aromatic rings. The fraction of sp³-hybridized carbons (Fsp3) is 0.300. The Morgan fingerprint density at radius 2 is 1.61 bits per heavy atom. The van der Waals surface area contributed by atoms with Gasteiger partial charge >= 0.3 is 0 Å². The number of rotatable bonds is 7. The van der Waals surface area contributed by atoms with Crippen LogP contribution in [-0.4, -0.2) is 65.1 Å². The normalized spacial score (nSPS) is 14.6. The van der Waals surface area contributed by atoms with Crippen molar-refractivity contribution in [3.05, 3.63) is 47.5 Å². The van der Waals surface area contributed by atoms with E-state index >= 15 is 0 Å². The van der Waals surface area contributed by atoms with E-state index in [1.54, 1.807) is 0 Å². The van der Waals surface area contributed by atoms with Gasteiger partial charge in [0.1, 0.15) is 0 Å². The lowest BCUT2D eigenvalue weighted by Gasteiger charge is -2.26. The van der Waals surface area contributed by atoms with E-state index in [1.807, 2.05) is 0 Å². The number of amides is 2. The van der Waals surface area contributed by atoms with E-state index in [2.05, 4.69) is 5.32 Å². The first kappa shape index (κ1) is 22.5. The second-order valence-electron chi connectivity index (χ2n) is 6.61. The molecule has 11 heteroatoms. The number of nitrogens with two attached hydrogens (primary N) is 1. The zero-order chi connectivity index (χ0) is 22.6. The molecule has 0 radical (unpaired) electrons. The first-order valence-electron chi connectivity index (χ1n) is 9.33. The van der Waals surface area contributed by atoms with Crippen LogP contribution >= 0.6 is 0 Å². The van der Waals surface area contributed by atoms with Crippen molar-refractivity contribution < 1.29 is 32.2 Å². The minimum absolute atomic E-state index is 0.0394. The van der Waals surface area contributed by atoms with Crippen LogP contribution in [-0.2, 0) is 14.8 Å². The van der Waals surface area contributed by atoms with Crippen molar-refractivity contribution in [2.75, 3.05) is 45.8 Å². The van der Waals surface area contributed by atoms with Crippen LogP contribution in [0.4, 0.5) is 5.69 Å². The van der Waals surface area contributed by atoms with Gasteiger partial charge in [-0.2, -0.15) is 4.31 Å². The zero-order valence-electron chi connectivity index (χ0n) is 17.1. The molecule has 0 spiro atoms. The third-order valence-corrected chi connectivity index (χ3v) is 6.67. The number of ether oxygens (including phenoxy) is 3. The lowest BCUT2D eigenvalue weighted by atomic mass is 10.1. The highest BCUT2D eigenvalue weighted by Gasteiger charge is 2.26. The topological polar surface area (TPSA) is 137 Å². The van der Waals surface area contributed by atoms with Gasteiger partial charge in [-0.3, -0.25) is 9.59 Å². The summed E-state index contributed by atoms with van der Waals surface area (Å²) in [6, 6.07) is 8.32. The Morgan fingerprint density at radius 1 is 1.03 bits per heavy atom. The summed E-state index contributed by atoms with van der Waals surface area (Å²) in [4.78, 5) is 24.6. The summed E-state index contributed by atoms with van der Waals surface area (Å²) < 4.78 is 42.3. The molecule has 0 unspecified atom stereocenters. The number of anilines is 1. The highest BCUT2D eigenvalue weighted by atomic mass is 32.2. The monoisotopic (exact) mass is 449 g/mol. The molecule has 0 bridgehead atoms. The van der Waals surface area contributed by atoms with E-state index in [1.165, 1.54) is 54.9 Å². The van der Waals surface area contributed by atoms with Crippen molar-refractivity contribution in [2.24, 2.45) is 5.73 Å². The molecule has 0 saturated carbocycles. The van der Waals surface area contributed by atoms with Crippen molar-refractivity contribution in [3.63, 3.8) is 0 Å². The maximum atomic E-state index is 12.7. The summed E-state index contributed by atoms with van der Waals surface area (Å²) in [7, 11) is -0.840. The van der Waals surface area contributed by atoms with Crippen LogP contribution in [0.2, 0.25) is 0 Å². The Kier molecular flexibility index (Phi) is 6.78. The Hall–Kier alpha value is -3.15. The van der Waals surface area contributed by atoms with Crippen LogP contribution < -0.4 is 20.5 Å². The van der Waals surface area contributed by atoms with Gasteiger partial charge in [-0.1, -0.05) is 0 Å². The largest absolute Gasteiger partial charge is 0.493 e. The summed E-state index contributed by atoms with van der Waals surface area (Å²) in [6.45, 7) is 1.24. The molecule has 1 aliphatic heterocycles. The number of methoxy groups -OCH3 is 2. The van der Waals surface area contributed by atoms with E-state index in [0.717, 1.165) is 0 Å². The average molecular weight is 449 g/mol. The van der Waals surface area contributed by atoms with E-state index in [0.29, 0.717) is 19.0 Å². The molecule has 0 aromatic heterocycles. The number of nitrogens with one attached hydrogen (secondary N) is 1. The number of nitrogens with zero attached hydrogens (tertiary/aromatic N) is 1. The predicted molar refractivity (Wildman–Crippen MR) is 112 cm³/mol. The maximum absolute atomic E-state index is 12.7. The van der Waals surface area contributed by atoms with E-state index < -0.39 is 21.8 Å². The molecular weight excluding hydrogens is 426 g/mol. The first-order valence-corrected chi connectivity index (χ1v) is 10.8. The maximum Gasteiger partial charge on any atom is 0.255 e. The van der Waals surface area contributed by atoms with E-state index in [9.17, 15) is 18.0 Å². The Morgan fingerprint density at radius 3 is 2.16 bits per heavy atom. The van der Waals surface area contributed by atoms with Crippen LogP contribution in [0, 0.1) is 0 Å². The summed E-state index contributed by atoms with van der Waals surface area (Å²) in [5, 5.41) is 2.60. The Labute approximate surface area is 179 Å². The number of carbonyl (C=O) groups is 2. The van der Waals surface area contributed by atoms with Crippen LogP contribution in [0.3, 0.4) is 0 Å². The molecule has 3 N–H and O–H groups in total. The van der Waals surface area contributed by atoms with Crippen molar-refractivity contribution in [1.82, 2.24) is 4.31 Å². The number of primary amides is 1. The third kappa shape index (κ3) is 4.79. The van der Waals surface area contributed by atoms with Gasteiger partial charge < -0.3 is 25.3 Å². The Bertz CT molecular complexity index is 1080.